The Morgan fingerprint density at radius 1 is 1.91 bits per heavy atom. The number of hydrogen-bond donors (Lipinski definition) is 1. The number of alkyl halides is 1. The summed E-state index contributed by atoms with van der Waals surface area (Å²) < 4.78 is 0. The first-order valence-electron chi connectivity index (χ1n) is 3.11. The number of aliphatic carboxylic acids is 1. The Morgan fingerprint density at radius 2 is 2.45 bits per heavy atom. The van der Waals surface area contributed by atoms with Crippen LogP contribution >= 0.6 is 11.6 Å². The summed E-state index contributed by atoms with van der Waals surface area (Å²) in [6, 6.07) is 1.54. The second-order valence-corrected chi connectivity index (χ2v) is 2.48. The van der Waals surface area contributed by atoms with Gasteiger partial charge >= 0.3 is 5.97 Å². The molecule has 0 fully saturated rings. The van der Waals surface area contributed by atoms with Crippen molar-refractivity contribution in [3.63, 3.8) is 0 Å². The molecule has 0 saturated carbocycles. The largest absolute Gasteiger partial charge is 0.477 e. The quantitative estimate of drug-likeness (QED) is 0.400. The van der Waals surface area contributed by atoms with Gasteiger partial charge in [-0.25, -0.2) is 4.79 Å². The van der Waals surface area contributed by atoms with E-state index in [9.17, 15) is 4.79 Å². The van der Waals surface area contributed by atoms with E-state index in [1.54, 1.807) is 6.07 Å². The van der Waals surface area contributed by atoms with Crippen LogP contribution < -0.4 is 0 Å². The van der Waals surface area contributed by atoms with Crippen LogP contribution in [-0.2, 0) is 4.79 Å². The molecule has 0 aliphatic carbocycles. The molecule has 0 amide bonds. The van der Waals surface area contributed by atoms with E-state index in [-0.39, 0.29) is 11.0 Å². The third-order valence-corrected chi connectivity index (χ3v) is 1.52. The van der Waals surface area contributed by atoms with Crippen molar-refractivity contribution < 1.29 is 9.90 Å². The first-order valence-corrected chi connectivity index (χ1v) is 3.54. The summed E-state index contributed by atoms with van der Waals surface area (Å²) in [4.78, 5) is 10.2. The van der Waals surface area contributed by atoms with Gasteiger partial charge in [-0.05, 0) is 12.5 Å². The fraction of sp³-hybridized carbons (Fsp3) is 0.429. The van der Waals surface area contributed by atoms with Crippen molar-refractivity contribution in [2.45, 2.75) is 18.7 Å². The predicted octanol–water partition coefficient (Wildman–Crippen LogP) is 1.54. The molecule has 11 heavy (non-hydrogen) atoms. The van der Waals surface area contributed by atoms with Gasteiger partial charge in [-0.15, -0.1) is 11.6 Å². The highest BCUT2D eigenvalue weighted by atomic mass is 35.5. The van der Waals surface area contributed by atoms with Crippen LogP contribution in [0.5, 0.6) is 0 Å². The highest BCUT2D eigenvalue weighted by Crippen LogP contribution is 2.06. The summed E-state index contributed by atoms with van der Waals surface area (Å²) in [6.45, 7) is 1.81. The molecule has 60 valence electrons. The summed E-state index contributed by atoms with van der Waals surface area (Å²) in [6.07, 6.45) is 1.85. The van der Waals surface area contributed by atoms with Crippen LogP contribution in [0.4, 0.5) is 0 Å². The molecule has 0 spiro atoms. The van der Waals surface area contributed by atoms with Crippen molar-refractivity contribution in [2.75, 3.05) is 0 Å². The van der Waals surface area contributed by atoms with E-state index in [0.29, 0.717) is 6.42 Å². The maximum atomic E-state index is 10.2. The fourth-order valence-electron chi connectivity index (χ4n) is 0.455. The molecule has 0 aromatic heterocycles. The molecule has 0 radical (unpaired) electrons. The number of rotatable bonds is 3. The number of carboxylic acids is 1. The summed E-state index contributed by atoms with van der Waals surface area (Å²) in [7, 11) is 0. The molecule has 3 nitrogen and oxygen atoms in total. The monoisotopic (exact) mass is 173 g/mol. The number of allylic oxidation sites excluding steroid dienone is 1. The standard InChI is InChI=1S/C7H8ClNO2/c1-2-6(8)3-5(4-9)7(10)11/h3,6H,2H2,1H3,(H,10,11). The van der Waals surface area contributed by atoms with Crippen LogP contribution in [0.15, 0.2) is 11.6 Å². The van der Waals surface area contributed by atoms with Crippen molar-refractivity contribution in [2.24, 2.45) is 0 Å². The Labute approximate surface area is 69.9 Å². The highest BCUT2D eigenvalue weighted by Gasteiger charge is 2.07. The van der Waals surface area contributed by atoms with Gasteiger partial charge in [0.15, 0.2) is 0 Å². The van der Waals surface area contributed by atoms with E-state index in [1.807, 2.05) is 6.92 Å². The Kier molecular flexibility index (Phi) is 4.32. The second kappa shape index (κ2) is 4.75. The Balaban J connectivity index is 4.39. The van der Waals surface area contributed by atoms with Gasteiger partial charge in [0, 0.05) is 0 Å². The molecule has 0 aliphatic rings. The lowest BCUT2D eigenvalue weighted by atomic mass is 10.2. The van der Waals surface area contributed by atoms with E-state index in [0.717, 1.165) is 0 Å². The maximum absolute atomic E-state index is 10.2. The maximum Gasteiger partial charge on any atom is 0.346 e. The van der Waals surface area contributed by atoms with Gasteiger partial charge in [0.25, 0.3) is 0 Å². The molecule has 1 N–H and O–H groups in total. The normalized spacial score (nSPS) is 13.7. The molecule has 1 unspecified atom stereocenters. The third-order valence-electron chi connectivity index (χ3n) is 1.09. The van der Waals surface area contributed by atoms with Crippen LogP contribution in [0.2, 0.25) is 0 Å². The molecule has 0 aliphatic heterocycles. The summed E-state index contributed by atoms with van der Waals surface area (Å²) in [5, 5.41) is 16.3. The second-order valence-electron chi connectivity index (χ2n) is 1.92. The lowest BCUT2D eigenvalue weighted by molar-refractivity contribution is -0.132. The zero-order valence-corrected chi connectivity index (χ0v) is 6.80. The molecule has 4 heteroatoms. The zero-order valence-electron chi connectivity index (χ0n) is 6.04. The van der Waals surface area contributed by atoms with Crippen molar-refractivity contribution in [1.29, 1.82) is 5.26 Å². The molecule has 0 rings (SSSR count). The Hall–Kier alpha value is -1.01. The number of nitrogens with zero attached hydrogens (tertiary/aromatic N) is 1. The van der Waals surface area contributed by atoms with Crippen molar-refractivity contribution >= 4 is 17.6 Å². The van der Waals surface area contributed by atoms with Gasteiger partial charge < -0.3 is 5.11 Å². The molecular weight excluding hydrogens is 166 g/mol. The summed E-state index contributed by atoms with van der Waals surface area (Å²) in [5.74, 6) is -1.23. The van der Waals surface area contributed by atoms with Gasteiger partial charge in [-0.3, -0.25) is 0 Å². The van der Waals surface area contributed by atoms with E-state index < -0.39 is 5.97 Å². The van der Waals surface area contributed by atoms with Crippen LogP contribution in [0, 0.1) is 11.3 Å². The lowest BCUT2D eigenvalue weighted by Gasteiger charge is -1.96. The molecule has 1 atom stereocenters. The molecule has 0 saturated heterocycles. The number of carbonyl (C=O) groups is 1. The van der Waals surface area contributed by atoms with Gasteiger partial charge in [-0.2, -0.15) is 5.26 Å². The molecule has 0 bridgehead atoms. The first-order chi connectivity index (χ1) is 5.11. The minimum Gasteiger partial charge on any atom is -0.477 e. The smallest absolute Gasteiger partial charge is 0.346 e. The first kappa shape index (κ1) is 9.99. The van der Waals surface area contributed by atoms with Crippen LogP contribution in [-0.4, -0.2) is 16.5 Å². The predicted molar refractivity (Wildman–Crippen MR) is 41.3 cm³/mol. The summed E-state index contributed by atoms with van der Waals surface area (Å²) in [5.41, 5.74) is -0.299. The van der Waals surface area contributed by atoms with Gasteiger partial charge in [-0.1, -0.05) is 6.92 Å². The van der Waals surface area contributed by atoms with Crippen molar-refractivity contribution in [3.8, 4) is 6.07 Å². The van der Waals surface area contributed by atoms with Crippen molar-refractivity contribution in [3.05, 3.63) is 11.6 Å². The minimum atomic E-state index is -1.23. The van der Waals surface area contributed by atoms with E-state index in [1.165, 1.54) is 6.08 Å². The molecule has 0 aromatic rings. The number of hydrogen-bond acceptors (Lipinski definition) is 2. The molecule has 0 heterocycles. The Morgan fingerprint density at radius 3 is 2.73 bits per heavy atom. The SMILES string of the molecule is CCC(Cl)C=C(C#N)C(=O)O. The van der Waals surface area contributed by atoms with E-state index in [2.05, 4.69) is 0 Å². The van der Waals surface area contributed by atoms with E-state index in [4.69, 9.17) is 22.0 Å². The number of nitriles is 1. The molecular formula is C7H8ClNO2. The van der Waals surface area contributed by atoms with Crippen LogP contribution in [0.25, 0.3) is 0 Å². The molecule has 0 aromatic carbocycles. The number of carboxylic acid groups (broad SMARTS) is 1. The summed E-state index contributed by atoms with van der Waals surface area (Å²) >= 11 is 5.59. The van der Waals surface area contributed by atoms with Crippen LogP contribution in [0.3, 0.4) is 0 Å². The average Bonchev–Trinajstić information content (AvgIpc) is 1.99. The third kappa shape index (κ3) is 3.64. The lowest BCUT2D eigenvalue weighted by Crippen LogP contribution is -2.01. The minimum absolute atomic E-state index is 0.299. The fourth-order valence-corrected chi connectivity index (χ4v) is 0.581. The van der Waals surface area contributed by atoms with E-state index >= 15 is 0 Å². The highest BCUT2D eigenvalue weighted by molar-refractivity contribution is 6.22. The average molecular weight is 174 g/mol. The van der Waals surface area contributed by atoms with Gasteiger partial charge in [0.05, 0.1) is 5.38 Å². The zero-order chi connectivity index (χ0) is 8.85. The topological polar surface area (TPSA) is 61.1 Å². The van der Waals surface area contributed by atoms with Gasteiger partial charge in [0.1, 0.15) is 11.6 Å². The van der Waals surface area contributed by atoms with Crippen molar-refractivity contribution in [1.82, 2.24) is 0 Å². The Bertz CT molecular complexity index is 217. The number of halogens is 1. The van der Waals surface area contributed by atoms with Crippen LogP contribution in [0.1, 0.15) is 13.3 Å². The van der Waals surface area contributed by atoms with Gasteiger partial charge in [0.2, 0.25) is 0 Å².